The summed E-state index contributed by atoms with van der Waals surface area (Å²) in [6.07, 6.45) is 1.58. The SMILES string of the molecule is COc1cc(-c2nnc(C[NH+]3CCC(C(N)=O)CC3)o2)cc(OC)c1OC. The first-order chi connectivity index (χ1) is 13.0. The number of aromatic nitrogens is 2. The quantitative estimate of drug-likeness (QED) is 0.700. The van der Waals surface area contributed by atoms with E-state index in [9.17, 15) is 4.79 Å². The van der Waals surface area contributed by atoms with Gasteiger partial charge in [-0.2, -0.15) is 0 Å². The van der Waals surface area contributed by atoms with Crippen LogP contribution in [0.15, 0.2) is 16.5 Å². The van der Waals surface area contributed by atoms with Crippen LogP contribution in [0, 0.1) is 5.92 Å². The number of carbonyl (C=O) groups is 1. The molecule has 1 aliphatic heterocycles. The zero-order valence-electron chi connectivity index (χ0n) is 15.8. The molecule has 1 aliphatic rings. The number of primary amides is 1. The summed E-state index contributed by atoms with van der Waals surface area (Å²) in [6, 6.07) is 3.54. The van der Waals surface area contributed by atoms with Crippen molar-refractivity contribution < 1.29 is 28.3 Å². The number of hydrogen-bond acceptors (Lipinski definition) is 7. The van der Waals surface area contributed by atoms with E-state index in [0.29, 0.717) is 41.1 Å². The van der Waals surface area contributed by atoms with Crippen molar-refractivity contribution in [3.05, 3.63) is 18.0 Å². The van der Waals surface area contributed by atoms with Gasteiger partial charge in [0.15, 0.2) is 18.0 Å². The Kier molecular flexibility index (Phi) is 5.80. The second kappa shape index (κ2) is 8.26. The first-order valence-corrected chi connectivity index (χ1v) is 8.81. The minimum Gasteiger partial charge on any atom is -0.493 e. The van der Waals surface area contributed by atoms with Gasteiger partial charge in [0.2, 0.25) is 17.5 Å². The van der Waals surface area contributed by atoms with Gasteiger partial charge in [-0.15, -0.1) is 10.2 Å². The molecule has 9 heteroatoms. The molecule has 1 aromatic carbocycles. The third-order valence-electron chi connectivity index (χ3n) is 4.87. The van der Waals surface area contributed by atoms with E-state index in [4.69, 9.17) is 24.4 Å². The lowest BCUT2D eigenvalue weighted by atomic mass is 9.96. The molecule has 0 spiro atoms. The molecule has 3 rings (SSSR count). The molecule has 146 valence electrons. The second-order valence-corrected chi connectivity index (χ2v) is 6.52. The van der Waals surface area contributed by atoms with E-state index in [1.54, 1.807) is 33.5 Å². The predicted octanol–water partition coefficient (Wildman–Crippen LogP) is 0.0426. The van der Waals surface area contributed by atoms with Crippen molar-refractivity contribution >= 4 is 5.91 Å². The van der Waals surface area contributed by atoms with E-state index < -0.39 is 0 Å². The summed E-state index contributed by atoms with van der Waals surface area (Å²) in [4.78, 5) is 12.6. The average Bonchev–Trinajstić information content (AvgIpc) is 3.15. The van der Waals surface area contributed by atoms with Crippen LogP contribution < -0.4 is 24.8 Å². The zero-order valence-corrected chi connectivity index (χ0v) is 15.8. The molecule has 0 saturated carbocycles. The Balaban J connectivity index is 1.73. The van der Waals surface area contributed by atoms with E-state index in [2.05, 4.69) is 10.2 Å². The molecule has 2 aromatic rings. The average molecular weight is 377 g/mol. The fraction of sp³-hybridized carbons (Fsp3) is 0.500. The minimum absolute atomic E-state index is 0.0220. The maximum Gasteiger partial charge on any atom is 0.271 e. The van der Waals surface area contributed by atoms with Crippen LogP contribution in [0.3, 0.4) is 0 Å². The van der Waals surface area contributed by atoms with Gasteiger partial charge in [-0.05, 0) is 12.1 Å². The van der Waals surface area contributed by atoms with Crippen molar-refractivity contribution in [2.45, 2.75) is 19.4 Å². The number of rotatable bonds is 7. The number of nitrogens with two attached hydrogens (primary N) is 1. The summed E-state index contributed by atoms with van der Waals surface area (Å²) in [5, 5.41) is 8.30. The monoisotopic (exact) mass is 377 g/mol. The van der Waals surface area contributed by atoms with Gasteiger partial charge in [-0.3, -0.25) is 4.79 Å². The lowest BCUT2D eigenvalue weighted by molar-refractivity contribution is -0.920. The highest BCUT2D eigenvalue weighted by Crippen LogP contribution is 2.40. The number of piperidine rings is 1. The van der Waals surface area contributed by atoms with Gasteiger partial charge in [-0.1, -0.05) is 0 Å². The Hall–Kier alpha value is -2.81. The number of hydrogen-bond donors (Lipinski definition) is 2. The van der Waals surface area contributed by atoms with E-state index >= 15 is 0 Å². The van der Waals surface area contributed by atoms with Crippen molar-refractivity contribution in [2.24, 2.45) is 11.7 Å². The fourth-order valence-corrected chi connectivity index (χ4v) is 3.35. The zero-order chi connectivity index (χ0) is 19.4. The number of quaternary nitrogens is 1. The van der Waals surface area contributed by atoms with Crippen LogP contribution in [0.2, 0.25) is 0 Å². The van der Waals surface area contributed by atoms with Crippen LogP contribution in [-0.2, 0) is 11.3 Å². The van der Waals surface area contributed by atoms with Gasteiger partial charge >= 0.3 is 0 Å². The molecular formula is C18H25N4O5+. The summed E-state index contributed by atoms with van der Waals surface area (Å²) < 4.78 is 21.9. The molecule has 0 atom stereocenters. The number of ether oxygens (including phenoxy) is 3. The number of amides is 1. The molecule has 0 unspecified atom stereocenters. The summed E-state index contributed by atoms with van der Waals surface area (Å²) in [7, 11) is 4.66. The van der Waals surface area contributed by atoms with Crippen LogP contribution in [0.1, 0.15) is 18.7 Å². The van der Waals surface area contributed by atoms with Crippen LogP contribution >= 0.6 is 0 Å². The third-order valence-corrected chi connectivity index (χ3v) is 4.87. The second-order valence-electron chi connectivity index (χ2n) is 6.52. The van der Waals surface area contributed by atoms with Gasteiger partial charge in [-0.25, -0.2) is 0 Å². The standard InChI is InChI=1S/C18H24N4O5/c1-24-13-8-12(9-14(25-2)16(13)26-3)18-21-20-15(27-18)10-22-6-4-11(5-7-22)17(19)23/h8-9,11H,4-7,10H2,1-3H3,(H2,19,23)/p+1. The van der Waals surface area contributed by atoms with E-state index in [-0.39, 0.29) is 11.8 Å². The topological polar surface area (TPSA) is 114 Å². The Morgan fingerprint density at radius 1 is 1.15 bits per heavy atom. The summed E-state index contributed by atoms with van der Waals surface area (Å²) in [5.74, 6) is 2.24. The minimum atomic E-state index is -0.212. The highest BCUT2D eigenvalue weighted by atomic mass is 16.5. The van der Waals surface area contributed by atoms with Gasteiger partial charge in [0.25, 0.3) is 5.89 Å². The molecule has 0 radical (unpaired) electrons. The summed E-state index contributed by atoms with van der Waals surface area (Å²) in [6.45, 7) is 2.33. The number of methoxy groups -OCH3 is 3. The van der Waals surface area contributed by atoms with E-state index in [0.717, 1.165) is 25.9 Å². The fourth-order valence-electron chi connectivity index (χ4n) is 3.35. The van der Waals surface area contributed by atoms with Crippen molar-refractivity contribution in [3.8, 4) is 28.7 Å². The lowest BCUT2D eigenvalue weighted by Gasteiger charge is -2.26. The Bertz CT molecular complexity index is 774. The number of carbonyl (C=O) groups excluding carboxylic acids is 1. The van der Waals surface area contributed by atoms with Gasteiger partial charge in [0.05, 0.1) is 34.4 Å². The van der Waals surface area contributed by atoms with Crippen molar-refractivity contribution in [1.82, 2.24) is 10.2 Å². The maximum atomic E-state index is 11.3. The highest BCUT2D eigenvalue weighted by Gasteiger charge is 2.27. The third kappa shape index (κ3) is 4.13. The summed E-state index contributed by atoms with van der Waals surface area (Å²) in [5.41, 5.74) is 6.07. The van der Waals surface area contributed by atoms with E-state index in [1.807, 2.05) is 0 Å². The largest absolute Gasteiger partial charge is 0.493 e. The normalized spacial score (nSPS) is 19.5. The number of likely N-dealkylation sites (tertiary alicyclic amines) is 1. The molecule has 27 heavy (non-hydrogen) atoms. The summed E-state index contributed by atoms with van der Waals surface area (Å²) >= 11 is 0. The Labute approximate surface area is 157 Å². The molecule has 0 bridgehead atoms. The number of nitrogens with zero attached hydrogens (tertiary/aromatic N) is 2. The van der Waals surface area contributed by atoms with Crippen LogP contribution in [0.5, 0.6) is 17.2 Å². The molecular weight excluding hydrogens is 352 g/mol. The molecule has 3 N–H and O–H groups in total. The number of nitrogens with one attached hydrogen (secondary N) is 1. The molecule has 2 heterocycles. The molecule has 1 amide bonds. The van der Waals surface area contributed by atoms with Crippen LogP contribution in [0.4, 0.5) is 0 Å². The molecule has 1 saturated heterocycles. The predicted molar refractivity (Wildman–Crippen MR) is 95.7 cm³/mol. The molecule has 1 aromatic heterocycles. The van der Waals surface area contributed by atoms with Gasteiger partial charge in [0.1, 0.15) is 0 Å². The Morgan fingerprint density at radius 2 is 1.78 bits per heavy atom. The maximum absolute atomic E-state index is 11.3. The number of benzene rings is 1. The lowest BCUT2D eigenvalue weighted by Crippen LogP contribution is -3.11. The highest BCUT2D eigenvalue weighted by molar-refractivity contribution is 5.76. The smallest absolute Gasteiger partial charge is 0.271 e. The van der Waals surface area contributed by atoms with Crippen LogP contribution in [-0.4, -0.2) is 50.5 Å². The van der Waals surface area contributed by atoms with Crippen molar-refractivity contribution in [3.63, 3.8) is 0 Å². The van der Waals surface area contributed by atoms with Crippen LogP contribution in [0.25, 0.3) is 11.5 Å². The first-order valence-electron chi connectivity index (χ1n) is 8.81. The van der Waals surface area contributed by atoms with Crippen molar-refractivity contribution in [1.29, 1.82) is 0 Å². The van der Waals surface area contributed by atoms with Crippen molar-refractivity contribution in [2.75, 3.05) is 34.4 Å². The van der Waals surface area contributed by atoms with E-state index in [1.165, 1.54) is 4.90 Å². The van der Waals surface area contributed by atoms with Gasteiger partial charge < -0.3 is 29.3 Å². The first kappa shape index (κ1) is 19.0. The molecule has 9 nitrogen and oxygen atoms in total. The Morgan fingerprint density at radius 3 is 2.30 bits per heavy atom. The van der Waals surface area contributed by atoms with Gasteiger partial charge in [0, 0.05) is 24.3 Å². The molecule has 1 fully saturated rings. The molecule has 0 aliphatic carbocycles.